The summed E-state index contributed by atoms with van der Waals surface area (Å²) in [6.07, 6.45) is 2.34. The fourth-order valence-corrected chi connectivity index (χ4v) is 1.82. The number of fused-ring (bicyclic) bond motifs is 1. The molecule has 0 atom stereocenters. The van der Waals surface area contributed by atoms with Crippen molar-refractivity contribution in [3.05, 3.63) is 17.9 Å². The quantitative estimate of drug-likeness (QED) is 0.623. The molecule has 3 aromatic heterocycles. The van der Waals surface area contributed by atoms with Gasteiger partial charge in [-0.1, -0.05) is 5.16 Å². The van der Waals surface area contributed by atoms with Crippen LogP contribution in [0.25, 0.3) is 11.0 Å². The van der Waals surface area contributed by atoms with Gasteiger partial charge in [-0.05, 0) is 0 Å². The lowest BCUT2D eigenvalue weighted by Gasteiger charge is -2.06. The number of nitrogens with zero attached hydrogens (tertiary/aromatic N) is 5. The third-order valence-corrected chi connectivity index (χ3v) is 2.74. The Morgan fingerprint density at radius 1 is 1.30 bits per heavy atom. The van der Waals surface area contributed by atoms with E-state index in [1.54, 1.807) is 20.2 Å². The van der Waals surface area contributed by atoms with Gasteiger partial charge in [-0.2, -0.15) is 20.1 Å². The molecule has 9 nitrogen and oxygen atoms in total. The van der Waals surface area contributed by atoms with Crippen LogP contribution in [0.2, 0.25) is 0 Å². The van der Waals surface area contributed by atoms with E-state index >= 15 is 0 Å². The second kappa shape index (κ2) is 5.11. The van der Waals surface area contributed by atoms with Crippen LogP contribution in [0.3, 0.4) is 0 Å². The number of hydrogen-bond donors (Lipinski definition) is 3. The number of aromatic nitrogens is 6. The third kappa shape index (κ3) is 2.37. The van der Waals surface area contributed by atoms with Crippen molar-refractivity contribution in [1.29, 1.82) is 0 Å². The maximum absolute atomic E-state index is 4.92. The Labute approximate surface area is 114 Å². The summed E-state index contributed by atoms with van der Waals surface area (Å²) in [5.41, 5.74) is 0.683. The van der Waals surface area contributed by atoms with E-state index < -0.39 is 0 Å². The van der Waals surface area contributed by atoms with Crippen LogP contribution in [0, 0.1) is 6.92 Å². The first-order valence-corrected chi connectivity index (χ1v) is 6.18. The summed E-state index contributed by atoms with van der Waals surface area (Å²) in [5, 5.41) is 17.6. The molecule has 3 rings (SSSR count). The molecule has 0 aromatic carbocycles. The van der Waals surface area contributed by atoms with Gasteiger partial charge in [0.15, 0.2) is 11.5 Å². The van der Waals surface area contributed by atoms with Crippen LogP contribution in [0.15, 0.2) is 10.7 Å². The number of aryl methyl sites for hydroxylation is 1. The average Bonchev–Trinajstić information content (AvgIpc) is 3.07. The van der Waals surface area contributed by atoms with Gasteiger partial charge in [-0.25, -0.2) is 0 Å². The largest absolute Gasteiger partial charge is 0.369 e. The molecule has 0 amide bonds. The highest BCUT2D eigenvalue weighted by atomic mass is 16.5. The summed E-state index contributed by atoms with van der Waals surface area (Å²) in [5.74, 6) is 2.48. The van der Waals surface area contributed by atoms with Crippen molar-refractivity contribution in [1.82, 2.24) is 30.3 Å². The van der Waals surface area contributed by atoms with Crippen LogP contribution >= 0.6 is 0 Å². The van der Waals surface area contributed by atoms with Gasteiger partial charge in [0, 0.05) is 26.9 Å². The number of rotatable bonds is 5. The summed E-state index contributed by atoms with van der Waals surface area (Å²) >= 11 is 0. The van der Waals surface area contributed by atoms with Crippen molar-refractivity contribution in [3.8, 4) is 0 Å². The molecular weight excluding hydrogens is 260 g/mol. The first-order chi connectivity index (χ1) is 9.76. The number of aromatic amines is 1. The molecule has 3 aromatic rings. The minimum absolute atomic E-state index is 0.527. The van der Waals surface area contributed by atoms with Crippen molar-refractivity contribution in [2.45, 2.75) is 13.3 Å². The zero-order valence-corrected chi connectivity index (χ0v) is 11.1. The van der Waals surface area contributed by atoms with Crippen LogP contribution < -0.4 is 10.6 Å². The Kier molecular flexibility index (Phi) is 3.15. The summed E-state index contributed by atoms with van der Waals surface area (Å²) in [4.78, 5) is 12.8. The first-order valence-electron chi connectivity index (χ1n) is 6.18. The fourth-order valence-electron chi connectivity index (χ4n) is 1.82. The minimum Gasteiger partial charge on any atom is -0.369 e. The molecule has 0 spiro atoms. The highest BCUT2D eigenvalue weighted by Gasteiger charge is 2.09. The molecule has 0 radical (unpaired) electrons. The molecule has 0 aliphatic rings. The van der Waals surface area contributed by atoms with Crippen LogP contribution in [0.1, 0.15) is 11.7 Å². The molecule has 0 aliphatic heterocycles. The van der Waals surface area contributed by atoms with Crippen molar-refractivity contribution >= 4 is 22.8 Å². The maximum Gasteiger partial charge on any atom is 0.226 e. The lowest BCUT2D eigenvalue weighted by atomic mass is 10.3. The highest BCUT2D eigenvalue weighted by Crippen LogP contribution is 2.19. The van der Waals surface area contributed by atoms with E-state index in [9.17, 15) is 0 Å². The predicted molar refractivity (Wildman–Crippen MR) is 72.5 cm³/mol. The Morgan fingerprint density at radius 2 is 2.20 bits per heavy atom. The van der Waals surface area contributed by atoms with E-state index in [1.807, 2.05) is 0 Å². The van der Waals surface area contributed by atoms with Crippen LogP contribution in [-0.2, 0) is 6.42 Å². The fraction of sp³-hybridized carbons (Fsp3) is 0.364. The summed E-state index contributed by atoms with van der Waals surface area (Å²) in [6.45, 7) is 2.40. The van der Waals surface area contributed by atoms with Crippen LogP contribution in [-0.4, -0.2) is 43.9 Å². The molecule has 0 saturated carbocycles. The van der Waals surface area contributed by atoms with E-state index in [1.165, 1.54) is 0 Å². The second-order valence-corrected chi connectivity index (χ2v) is 4.18. The van der Waals surface area contributed by atoms with Gasteiger partial charge in [0.1, 0.15) is 5.82 Å². The summed E-state index contributed by atoms with van der Waals surface area (Å²) < 4.78 is 4.92. The van der Waals surface area contributed by atoms with Gasteiger partial charge in [-0.15, -0.1) is 0 Å². The van der Waals surface area contributed by atoms with Crippen molar-refractivity contribution in [2.24, 2.45) is 0 Å². The Balaban J connectivity index is 1.74. The Morgan fingerprint density at radius 3 is 2.95 bits per heavy atom. The molecule has 0 bridgehead atoms. The molecule has 0 fully saturated rings. The van der Waals surface area contributed by atoms with Gasteiger partial charge in [0.25, 0.3) is 0 Å². The van der Waals surface area contributed by atoms with E-state index in [2.05, 4.69) is 40.9 Å². The lowest BCUT2D eigenvalue weighted by molar-refractivity contribution is 0.387. The van der Waals surface area contributed by atoms with E-state index in [0.717, 1.165) is 5.39 Å². The minimum atomic E-state index is 0.527. The zero-order chi connectivity index (χ0) is 13.9. The first kappa shape index (κ1) is 12.3. The number of nitrogens with one attached hydrogen (secondary N) is 3. The van der Waals surface area contributed by atoms with E-state index in [0.29, 0.717) is 42.1 Å². The van der Waals surface area contributed by atoms with E-state index in [-0.39, 0.29) is 0 Å². The van der Waals surface area contributed by atoms with Crippen LogP contribution in [0.5, 0.6) is 0 Å². The van der Waals surface area contributed by atoms with Crippen molar-refractivity contribution in [3.63, 3.8) is 0 Å². The normalized spacial score (nSPS) is 10.9. The molecule has 3 N–H and O–H groups in total. The zero-order valence-electron chi connectivity index (χ0n) is 11.1. The average molecular weight is 274 g/mol. The molecule has 3 heterocycles. The van der Waals surface area contributed by atoms with Gasteiger partial charge in [0.2, 0.25) is 11.8 Å². The molecule has 0 aliphatic carbocycles. The SMILES string of the molecule is CNc1nc(NCCc2noc(C)n2)c2cn[nH]c2n1. The number of H-pyrrole nitrogens is 1. The number of anilines is 2. The smallest absolute Gasteiger partial charge is 0.226 e. The van der Waals surface area contributed by atoms with Gasteiger partial charge >= 0.3 is 0 Å². The van der Waals surface area contributed by atoms with Gasteiger partial charge in [0.05, 0.1) is 11.6 Å². The lowest BCUT2D eigenvalue weighted by Crippen LogP contribution is -2.09. The molecule has 0 unspecified atom stereocenters. The van der Waals surface area contributed by atoms with Gasteiger partial charge in [-0.3, -0.25) is 5.10 Å². The Hall–Kier alpha value is -2.71. The standard InChI is InChI=1S/C11H14N8O/c1-6-15-8(19-20-6)3-4-13-9-7-5-14-18-10(7)17-11(12-2)16-9/h5H,3-4H2,1-2H3,(H3,12,13,14,16,17,18). The Bertz CT molecular complexity index is 718. The van der Waals surface area contributed by atoms with Gasteiger partial charge < -0.3 is 15.2 Å². The van der Waals surface area contributed by atoms with Crippen LogP contribution in [0.4, 0.5) is 11.8 Å². The summed E-state index contributed by atoms with van der Waals surface area (Å²) in [6, 6.07) is 0. The van der Waals surface area contributed by atoms with Crippen molar-refractivity contribution in [2.75, 3.05) is 24.2 Å². The highest BCUT2D eigenvalue weighted by molar-refractivity contribution is 5.86. The molecular formula is C11H14N8O. The molecule has 0 saturated heterocycles. The predicted octanol–water partition coefficient (Wildman–Crippen LogP) is 0.741. The number of hydrogen-bond acceptors (Lipinski definition) is 8. The topological polar surface area (TPSA) is 117 Å². The molecule has 20 heavy (non-hydrogen) atoms. The summed E-state index contributed by atoms with van der Waals surface area (Å²) in [7, 11) is 1.77. The molecule has 104 valence electrons. The molecule has 9 heteroatoms. The third-order valence-electron chi connectivity index (χ3n) is 2.74. The van der Waals surface area contributed by atoms with E-state index in [4.69, 9.17) is 4.52 Å². The second-order valence-electron chi connectivity index (χ2n) is 4.18. The van der Waals surface area contributed by atoms with Crippen molar-refractivity contribution < 1.29 is 4.52 Å². The monoisotopic (exact) mass is 274 g/mol. The maximum atomic E-state index is 4.92.